The van der Waals surface area contributed by atoms with Crippen molar-refractivity contribution < 1.29 is 4.52 Å². The first-order chi connectivity index (χ1) is 8.81. The molecule has 2 aliphatic rings. The lowest BCUT2D eigenvalue weighted by atomic mass is 10.1. The molecule has 100 valence electrons. The van der Waals surface area contributed by atoms with Gasteiger partial charge in [-0.05, 0) is 37.6 Å². The highest BCUT2D eigenvalue weighted by atomic mass is 16.5. The zero-order chi connectivity index (χ0) is 12.4. The van der Waals surface area contributed by atoms with Crippen molar-refractivity contribution in [3.8, 4) is 0 Å². The van der Waals surface area contributed by atoms with Gasteiger partial charge >= 0.3 is 0 Å². The molecule has 0 bridgehead atoms. The molecule has 18 heavy (non-hydrogen) atoms. The third-order valence-electron chi connectivity index (χ3n) is 3.87. The number of nitrogens with one attached hydrogen (secondary N) is 1. The summed E-state index contributed by atoms with van der Waals surface area (Å²) in [6, 6.07) is 0. The monoisotopic (exact) mass is 251 g/mol. The molecule has 1 N–H and O–H groups in total. The van der Waals surface area contributed by atoms with E-state index in [0.717, 1.165) is 57.5 Å². The molecule has 6 nitrogen and oxygen atoms in total. The van der Waals surface area contributed by atoms with Crippen molar-refractivity contribution in [2.75, 3.05) is 51.2 Å². The molecule has 3 rings (SSSR count). The summed E-state index contributed by atoms with van der Waals surface area (Å²) >= 11 is 0. The minimum absolute atomic E-state index is 0.658. The summed E-state index contributed by atoms with van der Waals surface area (Å²) in [5.74, 6) is 2.22. The Bertz CT molecular complexity index is 380. The van der Waals surface area contributed by atoms with Crippen molar-refractivity contribution in [1.29, 1.82) is 0 Å². The number of nitrogens with zero attached hydrogens (tertiary/aromatic N) is 4. The third-order valence-corrected chi connectivity index (χ3v) is 3.87. The van der Waals surface area contributed by atoms with Crippen LogP contribution >= 0.6 is 0 Å². The van der Waals surface area contributed by atoms with Crippen LogP contribution in [-0.2, 0) is 6.42 Å². The minimum atomic E-state index is 0.658. The molecule has 2 saturated heterocycles. The molecule has 1 aromatic heterocycles. The Morgan fingerprint density at radius 1 is 1.33 bits per heavy atom. The third kappa shape index (κ3) is 2.64. The Kier molecular flexibility index (Phi) is 3.47. The van der Waals surface area contributed by atoms with Crippen LogP contribution in [0.5, 0.6) is 0 Å². The van der Waals surface area contributed by atoms with Gasteiger partial charge in [-0.2, -0.15) is 4.98 Å². The lowest BCUT2D eigenvalue weighted by Crippen LogP contribution is -2.44. The second-order valence-corrected chi connectivity index (χ2v) is 5.34. The maximum Gasteiger partial charge on any atom is 0.266 e. The number of piperazine rings is 1. The van der Waals surface area contributed by atoms with Crippen molar-refractivity contribution in [2.45, 2.75) is 12.8 Å². The Hall–Kier alpha value is -1.14. The first-order valence-corrected chi connectivity index (χ1v) is 6.78. The van der Waals surface area contributed by atoms with E-state index in [1.54, 1.807) is 0 Å². The summed E-state index contributed by atoms with van der Waals surface area (Å²) in [6.07, 6.45) is 2.12. The highest BCUT2D eigenvalue weighted by Gasteiger charge is 2.21. The predicted molar refractivity (Wildman–Crippen MR) is 68.7 cm³/mol. The molecule has 6 heteroatoms. The van der Waals surface area contributed by atoms with Crippen LogP contribution in [0.25, 0.3) is 0 Å². The summed E-state index contributed by atoms with van der Waals surface area (Å²) in [5, 5.41) is 7.47. The zero-order valence-corrected chi connectivity index (χ0v) is 10.9. The molecule has 3 heterocycles. The number of hydrogen-bond acceptors (Lipinski definition) is 6. The SMILES string of the molecule is CN1CCN(c2noc(CC3CCNC3)n2)CC1. The number of likely N-dealkylation sites (N-methyl/N-ethyl adjacent to an activating group) is 1. The normalized spacial score (nSPS) is 25.8. The van der Waals surface area contributed by atoms with Crippen LogP contribution in [0.3, 0.4) is 0 Å². The lowest BCUT2D eigenvalue weighted by molar-refractivity contribution is 0.308. The molecule has 1 aromatic rings. The highest BCUT2D eigenvalue weighted by Crippen LogP contribution is 2.17. The smallest absolute Gasteiger partial charge is 0.266 e. The number of hydrogen-bond donors (Lipinski definition) is 1. The number of rotatable bonds is 3. The predicted octanol–water partition coefficient (Wildman–Crippen LogP) is -0.0266. The van der Waals surface area contributed by atoms with Gasteiger partial charge in [0.2, 0.25) is 5.89 Å². The Balaban J connectivity index is 1.58. The molecule has 0 amide bonds. The van der Waals surface area contributed by atoms with E-state index >= 15 is 0 Å². The summed E-state index contributed by atoms with van der Waals surface area (Å²) < 4.78 is 5.36. The van der Waals surface area contributed by atoms with Crippen LogP contribution in [0.2, 0.25) is 0 Å². The number of aromatic nitrogens is 2. The fraction of sp³-hybridized carbons (Fsp3) is 0.833. The first kappa shape index (κ1) is 11.9. The molecular weight excluding hydrogens is 230 g/mol. The standard InChI is InChI=1S/C12H21N5O/c1-16-4-6-17(7-5-16)12-14-11(18-15-12)8-10-2-3-13-9-10/h10,13H,2-9H2,1H3. The van der Waals surface area contributed by atoms with E-state index in [-0.39, 0.29) is 0 Å². The van der Waals surface area contributed by atoms with E-state index in [9.17, 15) is 0 Å². The maximum absolute atomic E-state index is 5.36. The second-order valence-electron chi connectivity index (χ2n) is 5.34. The van der Waals surface area contributed by atoms with Gasteiger partial charge < -0.3 is 19.6 Å². The molecule has 0 aliphatic carbocycles. The van der Waals surface area contributed by atoms with Crippen LogP contribution in [0.1, 0.15) is 12.3 Å². The minimum Gasteiger partial charge on any atom is -0.337 e. The van der Waals surface area contributed by atoms with E-state index in [2.05, 4.69) is 32.3 Å². The molecule has 2 aliphatic heterocycles. The highest BCUT2D eigenvalue weighted by molar-refractivity contribution is 5.28. The maximum atomic E-state index is 5.36. The van der Waals surface area contributed by atoms with Gasteiger partial charge in [0.05, 0.1) is 0 Å². The first-order valence-electron chi connectivity index (χ1n) is 6.78. The molecular formula is C12H21N5O. The molecule has 0 aromatic carbocycles. The van der Waals surface area contributed by atoms with Gasteiger partial charge in [0, 0.05) is 32.6 Å². The fourth-order valence-corrected chi connectivity index (χ4v) is 2.60. The number of anilines is 1. The molecule has 0 radical (unpaired) electrons. The van der Waals surface area contributed by atoms with Crippen molar-refractivity contribution in [3.63, 3.8) is 0 Å². The van der Waals surface area contributed by atoms with Crippen molar-refractivity contribution >= 4 is 5.95 Å². The summed E-state index contributed by atoms with van der Waals surface area (Å²) in [7, 11) is 2.14. The summed E-state index contributed by atoms with van der Waals surface area (Å²) in [6.45, 7) is 6.30. The quantitative estimate of drug-likeness (QED) is 0.814. The van der Waals surface area contributed by atoms with Crippen molar-refractivity contribution in [2.24, 2.45) is 5.92 Å². The second kappa shape index (κ2) is 5.24. The molecule has 0 saturated carbocycles. The van der Waals surface area contributed by atoms with Gasteiger partial charge in [-0.3, -0.25) is 0 Å². The Labute approximate surface area is 107 Å². The van der Waals surface area contributed by atoms with Gasteiger partial charge in [0.1, 0.15) is 0 Å². The molecule has 2 fully saturated rings. The van der Waals surface area contributed by atoms with Crippen LogP contribution in [-0.4, -0.2) is 61.4 Å². The molecule has 0 spiro atoms. The molecule has 1 unspecified atom stereocenters. The van der Waals surface area contributed by atoms with Crippen LogP contribution in [0.4, 0.5) is 5.95 Å². The van der Waals surface area contributed by atoms with E-state index in [0.29, 0.717) is 5.92 Å². The summed E-state index contributed by atoms with van der Waals surface area (Å²) in [4.78, 5) is 9.05. The Morgan fingerprint density at radius 3 is 2.89 bits per heavy atom. The van der Waals surface area contributed by atoms with E-state index in [4.69, 9.17) is 4.52 Å². The van der Waals surface area contributed by atoms with E-state index < -0.39 is 0 Å². The average molecular weight is 251 g/mol. The lowest BCUT2D eigenvalue weighted by Gasteiger charge is -2.31. The van der Waals surface area contributed by atoms with Crippen LogP contribution < -0.4 is 10.2 Å². The van der Waals surface area contributed by atoms with Gasteiger partial charge in [-0.25, -0.2) is 0 Å². The van der Waals surface area contributed by atoms with Crippen molar-refractivity contribution in [1.82, 2.24) is 20.4 Å². The molecule has 1 atom stereocenters. The average Bonchev–Trinajstić information content (AvgIpc) is 3.02. The van der Waals surface area contributed by atoms with E-state index in [1.165, 1.54) is 6.42 Å². The van der Waals surface area contributed by atoms with Gasteiger partial charge in [0.15, 0.2) is 0 Å². The topological polar surface area (TPSA) is 57.4 Å². The summed E-state index contributed by atoms with van der Waals surface area (Å²) in [5.41, 5.74) is 0. The Morgan fingerprint density at radius 2 is 2.17 bits per heavy atom. The zero-order valence-electron chi connectivity index (χ0n) is 10.9. The van der Waals surface area contributed by atoms with E-state index in [1.807, 2.05) is 0 Å². The van der Waals surface area contributed by atoms with Crippen molar-refractivity contribution in [3.05, 3.63) is 5.89 Å². The largest absolute Gasteiger partial charge is 0.337 e. The van der Waals surface area contributed by atoms with Crippen LogP contribution in [0.15, 0.2) is 4.52 Å². The fourth-order valence-electron chi connectivity index (χ4n) is 2.60. The van der Waals surface area contributed by atoms with Gasteiger partial charge in [-0.1, -0.05) is 0 Å². The van der Waals surface area contributed by atoms with Gasteiger partial charge in [0.25, 0.3) is 5.95 Å². The van der Waals surface area contributed by atoms with Gasteiger partial charge in [-0.15, -0.1) is 0 Å². The van der Waals surface area contributed by atoms with Crippen LogP contribution in [0, 0.1) is 5.92 Å².